The average molecular weight is 632 g/mol. The Hall–Kier alpha value is -4.19. The van der Waals surface area contributed by atoms with Crippen LogP contribution in [0.4, 0.5) is 16.2 Å². The number of carbonyl (C=O) groups is 3. The fraction of sp³-hybridized carbons (Fsp3) is 0.457. The number of aliphatic hydroxyl groups excluding tert-OH is 1. The Balaban J connectivity index is 1.32. The molecule has 11 heteroatoms. The molecule has 0 spiro atoms. The highest BCUT2D eigenvalue weighted by Crippen LogP contribution is 2.30. The summed E-state index contributed by atoms with van der Waals surface area (Å²) in [7, 11) is 1.72. The number of likely N-dealkylation sites (N-methyl/N-ethyl adjacent to an activating group) is 1. The number of nitrogens with zero attached hydrogens (tertiary/aromatic N) is 3. The normalized spacial score (nSPS) is 19.7. The molecular formula is C35H45N5O6. The summed E-state index contributed by atoms with van der Waals surface area (Å²) in [6.07, 6.45) is -0.0648. The maximum atomic E-state index is 13.6. The summed E-state index contributed by atoms with van der Waals surface area (Å²) in [6, 6.07) is 18.3. The number of ether oxygens (including phenoxy) is 2. The number of fused-ring (bicyclic) bond motifs is 2. The van der Waals surface area contributed by atoms with Crippen molar-refractivity contribution in [3.8, 4) is 5.75 Å². The molecule has 2 aliphatic rings. The van der Waals surface area contributed by atoms with E-state index >= 15 is 0 Å². The summed E-state index contributed by atoms with van der Waals surface area (Å²) in [4.78, 5) is 45.2. The van der Waals surface area contributed by atoms with Gasteiger partial charge in [0.25, 0.3) is 0 Å². The van der Waals surface area contributed by atoms with Crippen molar-refractivity contribution in [3.63, 3.8) is 0 Å². The van der Waals surface area contributed by atoms with E-state index in [4.69, 9.17) is 9.47 Å². The van der Waals surface area contributed by atoms with Crippen molar-refractivity contribution in [3.05, 3.63) is 66.2 Å². The van der Waals surface area contributed by atoms with E-state index in [1.165, 1.54) is 0 Å². The molecule has 2 heterocycles. The van der Waals surface area contributed by atoms with E-state index in [9.17, 15) is 19.5 Å². The lowest BCUT2D eigenvalue weighted by atomic mass is 10.0. The Morgan fingerprint density at radius 2 is 1.83 bits per heavy atom. The van der Waals surface area contributed by atoms with E-state index in [1.807, 2.05) is 56.3 Å². The average Bonchev–Trinajstić information content (AvgIpc) is 3.11. The molecule has 3 aromatic rings. The molecule has 46 heavy (non-hydrogen) atoms. The van der Waals surface area contributed by atoms with Crippen LogP contribution in [0.2, 0.25) is 0 Å². The molecule has 4 amide bonds. The molecule has 11 nitrogen and oxygen atoms in total. The Kier molecular flexibility index (Phi) is 11.1. The monoisotopic (exact) mass is 631 g/mol. The molecule has 0 saturated carbocycles. The van der Waals surface area contributed by atoms with Crippen LogP contribution in [0.15, 0.2) is 60.7 Å². The molecule has 0 radical (unpaired) electrons. The van der Waals surface area contributed by atoms with Gasteiger partial charge in [-0.3, -0.25) is 14.5 Å². The fourth-order valence-electron chi connectivity index (χ4n) is 5.93. The SMILES string of the molecule is C[C@@H]1CN([C@H](C)CO)C(=O)Cc2cc(NC(=O)CCN3CCOCC3)ccc2O[C@@H]1CN(C)C(=O)Nc1cccc2ccccc12. The van der Waals surface area contributed by atoms with E-state index < -0.39 is 12.1 Å². The first-order valence-electron chi connectivity index (χ1n) is 16.0. The van der Waals surface area contributed by atoms with Gasteiger partial charge in [-0.1, -0.05) is 43.3 Å². The van der Waals surface area contributed by atoms with Crippen molar-refractivity contribution in [2.75, 3.05) is 70.2 Å². The lowest BCUT2D eigenvalue weighted by Gasteiger charge is -2.34. The first-order valence-corrected chi connectivity index (χ1v) is 16.0. The summed E-state index contributed by atoms with van der Waals surface area (Å²) in [5.74, 6) is 0.105. The van der Waals surface area contributed by atoms with Gasteiger partial charge >= 0.3 is 6.03 Å². The molecule has 5 rings (SSSR count). The van der Waals surface area contributed by atoms with E-state index in [1.54, 1.807) is 35.0 Å². The molecule has 2 aliphatic heterocycles. The van der Waals surface area contributed by atoms with Crippen LogP contribution >= 0.6 is 0 Å². The van der Waals surface area contributed by atoms with E-state index in [0.29, 0.717) is 49.7 Å². The Bertz CT molecular complexity index is 1520. The topological polar surface area (TPSA) is 124 Å². The number of carbonyl (C=O) groups excluding carboxylic acids is 3. The predicted molar refractivity (Wildman–Crippen MR) is 178 cm³/mol. The van der Waals surface area contributed by atoms with E-state index in [0.717, 1.165) is 29.5 Å². The van der Waals surface area contributed by atoms with Crippen LogP contribution in [-0.2, 0) is 20.7 Å². The lowest BCUT2D eigenvalue weighted by molar-refractivity contribution is -0.134. The number of morpholine rings is 1. The first kappa shape index (κ1) is 33.2. The van der Waals surface area contributed by atoms with Gasteiger partial charge < -0.3 is 35.0 Å². The molecular weight excluding hydrogens is 586 g/mol. The lowest BCUT2D eigenvalue weighted by Crippen LogP contribution is -2.48. The van der Waals surface area contributed by atoms with Crippen molar-refractivity contribution < 1.29 is 29.0 Å². The van der Waals surface area contributed by atoms with Gasteiger partial charge in [0.1, 0.15) is 11.9 Å². The zero-order valence-corrected chi connectivity index (χ0v) is 26.9. The second-order valence-corrected chi connectivity index (χ2v) is 12.3. The second-order valence-electron chi connectivity index (χ2n) is 12.3. The summed E-state index contributed by atoms with van der Waals surface area (Å²) >= 11 is 0. The van der Waals surface area contributed by atoms with Crippen LogP contribution in [0.1, 0.15) is 25.8 Å². The third-order valence-electron chi connectivity index (χ3n) is 8.79. The summed E-state index contributed by atoms with van der Waals surface area (Å²) < 4.78 is 12.0. The van der Waals surface area contributed by atoms with Crippen LogP contribution < -0.4 is 15.4 Å². The molecule has 0 unspecified atom stereocenters. The standard InChI is InChI=1S/C35H45N5O6/c1-24-21-40(25(2)23-41)34(43)20-27-19-28(36-33(42)13-14-39-15-17-45-18-16-39)11-12-31(27)46-32(24)22-38(3)35(44)37-30-10-6-8-26-7-4-5-9-29(26)30/h4-12,19,24-25,32,41H,13-18,20-23H2,1-3H3,(H,36,42)(H,37,44)/t24-,25-,32-/m1/s1. The van der Waals surface area contributed by atoms with Crippen molar-refractivity contribution in [1.82, 2.24) is 14.7 Å². The first-order chi connectivity index (χ1) is 22.2. The van der Waals surface area contributed by atoms with Crippen molar-refractivity contribution in [2.45, 2.75) is 38.8 Å². The van der Waals surface area contributed by atoms with Gasteiger partial charge in [0.2, 0.25) is 11.8 Å². The number of urea groups is 1. The molecule has 3 atom stereocenters. The number of anilines is 2. The largest absolute Gasteiger partial charge is 0.488 e. The summed E-state index contributed by atoms with van der Waals surface area (Å²) in [6.45, 7) is 7.86. The number of benzene rings is 3. The molecule has 246 valence electrons. The molecule has 3 N–H and O–H groups in total. The number of aliphatic hydroxyl groups is 1. The fourth-order valence-corrected chi connectivity index (χ4v) is 5.93. The molecule has 0 aliphatic carbocycles. The number of hydrogen-bond acceptors (Lipinski definition) is 7. The highest BCUT2D eigenvalue weighted by atomic mass is 16.5. The third kappa shape index (κ3) is 8.34. The van der Waals surface area contributed by atoms with E-state index in [-0.39, 0.29) is 43.3 Å². The number of nitrogens with one attached hydrogen (secondary N) is 2. The Morgan fingerprint density at radius 3 is 2.61 bits per heavy atom. The van der Waals surface area contributed by atoms with Crippen LogP contribution in [-0.4, -0.2) is 109 Å². The highest BCUT2D eigenvalue weighted by molar-refractivity contribution is 6.01. The van der Waals surface area contributed by atoms with Gasteiger partial charge in [0.15, 0.2) is 0 Å². The minimum atomic E-state index is -0.463. The molecule has 0 bridgehead atoms. The number of amides is 4. The Morgan fingerprint density at radius 1 is 1.07 bits per heavy atom. The molecule has 3 aromatic carbocycles. The van der Waals surface area contributed by atoms with Gasteiger partial charge in [-0.2, -0.15) is 0 Å². The summed E-state index contributed by atoms with van der Waals surface area (Å²) in [5, 5.41) is 17.9. The maximum absolute atomic E-state index is 13.6. The highest BCUT2D eigenvalue weighted by Gasteiger charge is 2.32. The second kappa shape index (κ2) is 15.4. The van der Waals surface area contributed by atoms with Crippen molar-refractivity contribution in [2.24, 2.45) is 5.92 Å². The molecule has 1 fully saturated rings. The maximum Gasteiger partial charge on any atom is 0.321 e. The quantitative estimate of drug-likeness (QED) is 0.328. The summed E-state index contributed by atoms with van der Waals surface area (Å²) in [5.41, 5.74) is 1.93. The number of rotatable bonds is 9. The van der Waals surface area contributed by atoms with Crippen LogP contribution in [0.5, 0.6) is 5.75 Å². The zero-order valence-electron chi connectivity index (χ0n) is 26.9. The van der Waals surface area contributed by atoms with Gasteiger partial charge in [0, 0.05) is 62.2 Å². The van der Waals surface area contributed by atoms with Crippen molar-refractivity contribution in [1.29, 1.82) is 0 Å². The van der Waals surface area contributed by atoms with Gasteiger partial charge in [-0.05, 0) is 36.6 Å². The minimum absolute atomic E-state index is 0.0496. The van der Waals surface area contributed by atoms with Gasteiger partial charge in [0.05, 0.1) is 44.5 Å². The molecule has 1 saturated heterocycles. The minimum Gasteiger partial charge on any atom is -0.488 e. The third-order valence-corrected chi connectivity index (χ3v) is 8.79. The smallest absolute Gasteiger partial charge is 0.321 e. The zero-order chi connectivity index (χ0) is 32.6. The number of hydrogen-bond donors (Lipinski definition) is 3. The predicted octanol–water partition coefficient (Wildman–Crippen LogP) is 3.81. The van der Waals surface area contributed by atoms with Crippen LogP contribution in [0.25, 0.3) is 10.8 Å². The van der Waals surface area contributed by atoms with Crippen LogP contribution in [0.3, 0.4) is 0 Å². The van der Waals surface area contributed by atoms with E-state index in [2.05, 4.69) is 15.5 Å². The van der Waals surface area contributed by atoms with Gasteiger partial charge in [-0.25, -0.2) is 4.79 Å². The molecule has 0 aromatic heterocycles. The van der Waals surface area contributed by atoms with Crippen LogP contribution in [0, 0.1) is 5.92 Å². The van der Waals surface area contributed by atoms with Crippen molar-refractivity contribution >= 4 is 40.0 Å². The van der Waals surface area contributed by atoms with Gasteiger partial charge in [-0.15, -0.1) is 0 Å². The Labute approximate surface area is 270 Å².